The molecule has 0 unspecified atom stereocenters. The number of aromatic nitrogens is 1. The van der Waals surface area contributed by atoms with Crippen LogP contribution < -0.4 is 15.2 Å². The molecule has 1 aromatic heterocycles. The van der Waals surface area contributed by atoms with Crippen molar-refractivity contribution in [1.82, 2.24) is 4.98 Å². The third-order valence-corrected chi connectivity index (χ3v) is 5.66. The van der Waals surface area contributed by atoms with Gasteiger partial charge in [-0.3, -0.25) is 4.98 Å². The van der Waals surface area contributed by atoms with E-state index in [1.54, 1.807) is 0 Å². The molecular formula is C29H30N2O2. The Kier molecular flexibility index (Phi) is 6.94. The van der Waals surface area contributed by atoms with E-state index in [0.29, 0.717) is 13.2 Å². The van der Waals surface area contributed by atoms with E-state index >= 15 is 0 Å². The van der Waals surface area contributed by atoms with Gasteiger partial charge in [0.15, 0.2) is 0 Å². The van der Waals surface area contributed by atoms with E-state index in [4.69, 9.17) is 15.2 Å². The SMILES string of the molecule is CCOc1ccc(-c2cc(-c3ccc(-c4ccc(CC)cc4)cc3N)ccn2)c(OCC)c1. The molecule has 0 fully saturated rings. The minimum absolute atomic E-state index is 0.565. The Balaban J connectivity index is 1.68. The zero-order valence-corrected chi connectivity index (χ0v) is 19.5. The van der Waals surface area contributed by atoms with Gasteiger partial charge in [-0.1, -0.05) is 43.3 Å². The lowest BCUT2D eigenvalue weighted by atomic mass is 9.97. The molecule has 0 aliphatic rings. The fourth-order valence-corrected chi connectivity index (χ4v) is 3.93. The van der Waals surface area contributed by atoms with E-state index in [9.17, 15) is 0 Å². The van der Waals surface area contributed by atoms with Crippen molar-refractivity contribution in [3.8, 4) is 45.0 Å². The van der Waals surface area contributed by atoms with Crippen molar-refractivity contribution >= 4 is 5.69 Å². The molecule has 0 atom stereocenters. The first-order valence-corrected chi connectivity index (χ1v) is 11.5. The van der Waals surface area contributed by atoms with Gasteiger partial charge in [0.25, 0.3) is 0 Å². The topological polar surface area (TPSA) is 57.4 Å². The second-order valence-electron chi connectivity index (χ2n) is 7.81. The first-order chi connectivity index (χ1) is 16.1. The van der Waals surface area contributed by atoms with Crippen molar-refractivity contribution in [3.05, 3.63) is 84.6 Å². The molecule has 0 spiro atoms. The van der Waals surface area contributed by atoms with E-state index in [-0.39, 0.29) is 0 Å². The van der Waals surface area contributed by atoms with E-state index in [2.05, 4.69) is 54.4 Å². The predicted molar refractivity (Wildman–Crippen MR) is 137 cm³/mol. The Bertz CT molecular complexity index is 1230. The molecule has 0 amide bonds. The minimum Gasteiger partial charge on any atom is -0.494 e. The number of ether oxygens (including phenoxy) is 2. The second-order valence-corrected chi connectivity index (χ2v) is 7.81. The van der Waals surface area contributed by atoms with Crippen LogP contribution in [-0.2, 0) is 6.42 Å². The molecule has 0 bridgehead atoms. The molecule has 4 heteroatoms. The van der Waals surface area contributed by atoms with Crippen LogP contribution in [0.2, 0.25) is 0 Å². The van der Waals surface area contributed by atoms with Gasteiger partial charge in [0.2, 0.25) is 0 Å². The van der Waals surface area contributed by atoms with E-state index in [0.717, 1.165) is 57.1 Å². The van der Waals surface area contributed by atoms with Crippen molar-refractivity contribution in [1.29, 1.82) is 0 Å². The summed E-state index contributed by atoms with van der Waals surface area (Å²) in [5.74, 6) is 1.54. The maximum absolute atomic E-state index is 6.50. The van der Waals surface area contributed by atoms with E-state index < -0.39 is 0 Å². The highest BCUT2D eigenvalue weighted by molar-refractivity contribution is 5.83. The average Bonchev–Trinajstić information content (AvgIpc) is 2.85. The number of anilines is 1. The van der Waals surface area contributed by atoms with Gasteiger partial charge < -0.3 is 15.2 Å². The van der Waals surface area contributed by atoms with Gasteiger partial charge in [-0.15, -0.1) is 0 Å². The fourth-order valence-electron chi connectivity index (χ4n) is 3.93. The number of aryl methyl sites for hydroxylation is 1. The van der Waals surface area contributed by atoms with Crippen LogP contribution >= 0.6 is 0 Å². The first-order valence-electron chi connectivity index (χ1n) is 11.5. The van der Waals surface area contributed by atoms with Gasteiger partial charge in [-0.2, -0.15) is 0 Å². The molecule has 1 heterocycles. The van der Waals surface area contributed by atoms with Gasteiger partial charge in [-0.05, 0) is 72.9 Å². The molecule has 4 rings (SSSR count). The molecule has 0 aliphatic heterocycles. The smallest absolute Gasteiger partial charge is 0.132 e. The van der Waals surface area contributed by atoms with Crippen LogP contribution in [0.4, 0.5) is 5.69 Å². The lowest BCUT2D eigenvalue weighted by Crippen LogP contribution is -1.98. The Morgan fingerprint density at radius 3 is 2.12 bits per heavy atom. The Labute approximate surface area is 196 Å². The normalized spacial score (nSPS) is 10.8. The van der Waals surface area contributed by atoms with Crippen molar-refractivity contribution in [2.45, 2.75) is 27.2 Å². The number of hydrogen-bond donors (Lipinski definition) is 1. The highest BCUT2D eigenvalue weighted by Gasteiger charge is 2.12. The largest absolute Gasteiger partial charge is 0.494 e. The van der Waals surface area contributed by atoms with Gasteiger partial charge in [0.1, 0.15) is 11.5 Å². The summed E-state index contributed by atoms with van der Waals surface area (Å²) in [6, 6.07) is 24.8. The highest BCUT2D eigenvalue weighted by Crippen LogP contribution is 2.36. The fraction of sp³-hybridized carbons (Fsp3) is 0.207. The summed E-state index contributed by atoms with van der Waals surface area (Å²) in [5.41, 5.74) is 14.6. The molecule has 3 aromatic carbocycles. The molecule has 0 saturated carbocycles. The molecule has 0 saturated heterocycles. The predicted octanol–water partition coefficient (Wildman–Crippen LogP) is 7.02. The van der Waals surface area contributed by atoms with Crippen LogP contribution in [0.3, 0.4) is 0 Å². The third-order valence-electron chi connectivity index (χ3n) is 5.66. The van der Waals surface area contributed by atoms with Gasteiger partial charge in [0, 0.05) is 29.1 Å². The number of benzene rings is 3. The summed E-state index contributed by atoms with van der Waals surface area (Å²) in [5, 5.41) is 0. The van der Waals surface area contributed by atoms with Crippen molar-refractivity contribution < 1.29 is 9.47 Å². The zero-order chi connectivity index (χ0) is 23.2. The van der Waals surface area contributed by atoms with E-state index in [1.165, 1.54) is 5.56 Å². The molecule has 0 radical (unpaired) electrons. The molecule has 0 aliphatic carbocycles. The molecular weight excluding hydrogens is 408 g/mol. The van der Waals surface area contributed by atoms with Crippen LogP contribution in [0.15, 0.2) is 79.0 Å². The summed E-state index contributed by atoms with van der Waals surface area (Å²) in [7, 11) is 0. The third kappa shape index (κ3) is 5.01. The first kappa shape index (κ1) is 22.4. The van der Waals surface area contributed by atoms with Gasteiger partial charge in [-0.25, -0.2) is 0 Å². The number of nitrogen functional groups attached to an aromatic ring is 1. The number of rotatable bonds is 8. The van der Waals surface area contributed by atoms with Gasteiger partial charge in [0.05, 0.1) is 18.9 Å². The number of nitrogens with two attached hydrogens (primary N) is 1. The lowest BCUT2D eigenvalue weighted by Gasteiger charge is -2.14. The van der Waals surface area contributed by atoms with Gasteiger partial charge >= 0.3 is 0 Å². The van der Waals surface area contributed by atoms with Crippen LogP contribution in [0.1, 0.15) is 26.3 Å². The molecule has 2 N–H and O–H groups in total. The summed E-state index contributed by atoms with van der Waals surface area (Å²) in [6.45, 7) is 7.27. The summed E-state index contributed by atoms with van der Waals surface area (Å²) in [4.78, 5) is 4.60. The zero-order valence-electron chi connectivity index (χ0n) is 19.5. The van der Waals surface area contributed by atoms with Crippen LogP contribution in [0, 0.1) is 0 Å². The highest BCUT2D eigenvalue weighted by atomic mass is 16.5. The number of nitrogens with zero attached hydrogens (tertiary/aromatic N) is 1. The molecule has 33 heavy (non-hydrogen) atoms. The average molecular weight is 439 g/mol. The Morgan fingerprint density at radius 2 is 1.42 bits per heavy atom. The minimum atomic E-state index is 0.565. The lowest BCUT2D eigenvalue weighted by molar-refractivity contribution is 0.324. The number of hydrogen-bond acceptors (Lipinski definition) is 4. The standard InChI is InChI=1S/C29H30N2O2/c1-4-20-7-9-21(10-8-20)22-11-13-25(27(30)17-22)23-15-16-31-28(18-23)26-14-12-24(32-5-2)19-29(26)33-6-3/h7-19H,4-6,30H2,1-3H3. The second kappa shape index (κ2) is 10.2. The summed E-state index contributed by atoms with van der Waals surface area (Å²) < 4.78 is 11.5. The number of pyridine rings is 1. The van der Waals surface area contributed by atoms with Crippen LogP contribution in [0.25, 0.3) is 33.5 Å². The maximum Gasteiger partial charge on any atom is 0.132 e. The van der Waals surface area contributed by atoms with E-state index in [1.807, 2.05) is 50.4 Å². The summed E-state index contributed by atoms with van der Waals surface area (Å²) >= 11 is 0. The van der Waals surface area contributed by atoms with Crippen LogP contribution in [0.5, 0.6) is 11.5 Å². The van der Waals surface area contributed by atoms with Crippen molar-refractivity contribution in [3.63, 3.8) is 0 Å². The Morgan fingerprint density at radius 1 is 0.697 bits per heavy atom. The Hall–Kier alpha value is -3.79. The quantitative estimate of drug-likeness (QED) is 0.300. The molecule has 4 aromatic rings. The van der Waals surface area contributed by atoms with Crippen molar-refractivity contribution in [2.75, 3.05) is 18.9 Å². The molecule has 168 valence electrons. The molecule has 4 nitrogen and oxygen atoms in total. The van der Waals surface area contributed by atoms with Crippen molar-refractivity contribution in [2.24, 2.45) is 0 Å². The monoisotopic (exact) mass is 438 g/mol. The van der Waals surface area contributed by atoms with Crippen LogP contribution in [-0.4, -0.2) is 18.2 Å². The summed E-state index contributed by atoms with van der Waals surface area (Å²) in [6.07, 6.45) is 2.85. The maximum atomic E-state index is 6.50.